The number of ether oxygens (including phenoxy) is 1. The summed E-state index contributed by atoms with van der Waals surface area (Å²) in [5.41, 5.74) is 4.36. The van der Waals surface area contributed by atoms with E-state index in [0.717, 1.165) is 16.4 Å². The number of hydrogen-bond donors (Lipinski definition) is 0. The van der Waals surface area contributed by atoms with Gasteiger partial charge in [0.05, 0.1) is 17.0 Å². The Balaban J connectivity index is 1.76. The topological polar surface area (TPSA) is 61.4 Å². The van der Waals surface area contributed by atoms with Crippen molar-refractivity contribution in [2.75, 3.05) is 6.61 Å². The standard InChI is InChI=1S/C24H27ClN4O2S/c1-15(2)31-11-5-10-28-22(30)20-9-8-19(25)13-21(20)29-23(28)26-27-24(29)32-14-18-12-16(3)6-7-17(18)4/h6-9,12-13,15H,5,10-11,14H2,1-4H3. The number of hydrogen-bond acceptors (Lipinski definition) is 5. The fourth-order valence-corrected chi connectivity index (χ4v) is 4.86. The van der Waals surface area contributed by atoms with Crippen molar-refractivity contribution in [1.29, 1.82) is 0 Å². The van der Waals surface area contributed by atoms with Gasteiger partial charge in [-0.05, 0) is 63.4 Å². The van der Waals surface area contributed by atoms with Gasteiger partial charge in [-0.15, -0.1) is 10.2 Å². The van der Waals surface area contributed by atoms with Crippen molar-refractivity contribution >= 4 is 40.0 Å². The second kappa shape index (κ2) is 9.65. The maximum atomic E-state index is 13.2. The number of benzene rings is 2. The number of aromatic nitrogens is 4. The van der Waals surface area contributed by atoms with Crippen LogP contribution in [-0.4, -0.2) is 31.9 Å². The van der Waals surface area contributed by atoms with Crippen LogP contribution in [0.1, 0.15) is 37.0 Å². The van der Waals surface area contributed by atoms with Gasteiger partial charge in [-0.1, -0.05) is 47.1 Å². The van der Waals surface area contributed by atoms with Gasteiger partial charge >= 0.3 is 0 Å². The Bertz CT molecular complexity index is 1330. The Labute approximate surface area is 196 Å². The Morgan fingerprint density at radius 2 is 1.94 bits per heavy atom. The maximum absolute atomic E-state index is 13.2. The molecule has 6 nitrogen and oxygen atoms in total. The molecule has 0 bridgehead atoms. The van der Waals surface area contributed by atoms with Crippen molar-refractivity contribution < 1.29 is 4.74 Å². The summed E-state index contributed by atoms with van der Waals surface area (Å²) < 4.78 is 9.29. The molecule has 0 N–H and O–H groups in total. The highest BCUT2D eigenvalue weighted by molar-refractivity contribution is 7.98. The smallest absolute Gasteiger partial charge is 0.262 e. The van der Waals surface area contributed by atoms with Crippen LogP contribution >= 0.6 is 23.4 Å². The maximum Gasteiger partial charge on any atom is 0.262 e. The van der Waals surface area contributed by atoms with Crippen LogP contribution in [0, 0.1) is 13.8 Å². The predicted molar refractivity (Wildman–Crippen MR) is 131 cm³/mol. The molecule has 0 radical (unpaired) electrons. The molecule has 0 atom stereocenters. The number of nitrogens with zero attached hydrogens (tertiary/aromatic N) is 4. The monoisotopic (exact) mass is 470 g/mol. The van der Waals surface area contributed by atoms with E-state index in [2.05, 4.69) is 42.2 Å². The summed E-state index contributed by atoms with van der Waals surface area (Å²) in [6.07, 6.45) is 0.872. The van der Waals surface area contributed by atoms with Crippen molar-refractivity contribution in [3.05, 3.63) is 68.5 Å². The summed E-state index contributed by atoms with van der Waals surface area (Å²) in [5, 5.41) is 10.7. The highest BCUT2D eigenvalue weighted by Crippen LogP contribution is 2.27. The minimum absolute atomic E-state index is 0.0906. The molecule has 0 aliphatic carbocycles. The average molecular weight is 471 g/mol. The van der Waals surface area contributed by atoms with Crippen molar-refractivity contribution in [2.24, 2.45) is 0 Å². The molecule has 0 saturated heterocycles. The highest BCUT2D eigenvalue weighted by Gasteiger charge is 2.17. The Morgan fingerprint density at radius 1 is 1.12 bits per heavy atom. The molecule has 2 aromatic heterocycles. The zero-order valence-electron chi connectivity index (χ0n) is 18.8. The quantitative estimate of drug-likeness (QED) is 0.254. The zero-order valence-corrected chi connectivity index (χ0v) is 20.3. The molecule has 168 valence electrons. The van der Waals surface area contributed by atoms with E-state index >= 15 is 0 Å². The van der Waals surface area contributed by atoms with Gasteiger partial charge in [0, 0.05) is 23.9 Å². The van der Waals surface area contributed by atoms with Gasteiger partial charge in [0.25, 0.3) is 5.56 Å². The first-order valence-corrected chi connectivity index (χ1v) is 12.1. The van der Waals surface area contributed by atoms with Crippen molar-refractivity contribution in [3.8, 4) is 0 Å². The normalized spacial score (nSPS) is 11.8. The molecular weight excluding hydrogens is 444 g/mol. The molecule has 4 rings (SSSR count). The van der Waals surface area contributed by atoms with Crippen molar-refractivity contribution in [1.82, 2.24) is 19.2 Å². The number of rotatable bonds is 8. The van der Waals surface area contributed by atoms with Gasteiger partial charge in [-0.2, -0.15) is 0 Å². The van der Waals surface area contributed by atoms with Crippen LogP contribution in [-0.2, 0) is 17.0 Å². The van der Waals surface area contributed by atoms with Gasteiger partial charge in [0.2, 0.25) is 5.78 Å². The van der Waals surface area contributed by atoms with Gasteiger partial charge in [0.1, 0.15) is 0 Å². The van der Waals surface area contributed by atoms with Gasteiger partial charge in [-0.25, -0.2) is 0 Å². The Kier molecular flexibility index (Phi) is 6.88. The molecule has 0 aliphatic rings. The zero-order chi connectivity index (χ0) is 22.8. The summed E-state index contributed by atoms with van der Waals surface area (Å²) >= 11 is 7.89. The van der Waals surface area contributed by atoms with Gasteiger partial charge < -0.3 is 4.74 Å². The van der Waals surface area contributed by atoms with Crippen molar-refractivity contribution in [3.63, 3.8) is 0 Å². The minimum Gasteiger partial charge on any atom is -0.379 e. The van der Waals surface area contributed by atoms with Crippen LogP contribution in [0.15, 0.2) is 46.3 Å². The minimum atomic E-state index is -0.0906. The third-order valence-electron chi connectivity index (χ3n) is 5.37. The molecule has 0 fully saturated rings. The molecule has 0 aliphatic heterocycles. The van der Waals surface area contributed by atoms with Crippen LogP contribution in [0.5, 0.6) is 0 Å². The Hall–Kier alpha value is -2.35. The molecule has 32 heavy (non-hydrogen) atoms. The van der Waals surface area contributed by atoms with Crippen LogP contribution < -0.4 is 5.56 Å². The van der Waals surface area contributed by atoms with Crippen LogP contribution in [0.4, 0.5) is 0 Å². The number of fused-ring (bicyclic) bond motifs is 3. The van der Waals surface area contributed by atoms with E-state index in [1.165, 1.54) is 16.7 Å². The van der Waals surface area contributed by atoms with Gasteiger partial charge in [-0.3, -0.25) is 13.8 Å². The number of halogens is 1. The first-order chi connectivity index (χ1) is 15.3. The predicted octanol–water partition coefficient (Wildman–Crippen LogP) is 5.42. The first kappa shape index (κ1) is 22.8. The lowest BCUT2D eigenvalue weighted by Gasteiger charge is -2.13. The van der Waals surface area contributed by atoms with Crippen LogP contribution in [0.3, 0.4) is 0 Å². The second-order valence-corrected chi connectivity index (χ2v) is 9.61. The van der Waals surface area contributed by atoms with E-state index in [4.69, 9.17) is 16.3 Å². The lowest BCUT2D eigenvalue weighted by molar-refractivity contribution is 0.0748. The van der Waals surface area contributed by atoms with E-state index in [0.29, 0.717) is 35.8 Å². The molecular formula is C24H27ClN4O2S. The van der Waals surface area contributed by atoms with E-state index in [9.17, 15) is 4.79 Å². The summed E-state index contributed by atoms with van der Waals surface area (Å²) in [7, 11) is 0. The molecule has 0 unspecified atom stereocenters. The summed E-state index contributed by atoms with van der Waals surface area (Å²) in [4.78, 5) is 13.2. The molecule has 2 heterocycles. The van der Waals surface area contributed by atoms with Crippen molar-refractivity contribution in [2.45, 2.75) is 57.7 Å². The third-order valence-corrected chi connectivity index (χ3v) is 6.59. The fraction of sp³-hybridized carbons (Fsp3) is 0.375. The fourth-order valence-electron chi connectivity index (χ4n) is 3.69. The summed E-state index contributed by atoms with van der Waals surface area (Å²) in [5.74, 6) is 1.29. The highest BCUT2D eigenvalue weighted by atomic mass is 35.5. The summed E-state index contributed by atoms with van der Waals surface area (Å²) in [6, 6.07) is 11.8. The lowest BCUT2D eigenvalue weighted by atomic mass is 10.1. The average Bonchev–Trinajstić information content (AvgIpc) is 3.17. The van der Waals surface area contributed by atoms with Gasteiger partial charge in [0.15, 0.2) is 5.16 Å². The van der Waals surface area contributed by atoms with E-state index in [1.807, 2.05) is 24.3 Å². The van der Waals surface area contributed by atoms with E-state index < -0.39 is 0 Å². The lowest BCUT2D eigenvalue weighted by Crippen LogP contribution is -2.24. The molecule has 0 saturated carbocycles. The molecule has 2 aromatic carbocycles. The number of aryl methyl sites for hydroxylation is 3. The SMILES string of the molecule is Cc1ccc(C)c(CSc2nnc3n(CCCOC(C)C)c(=O)c4ccc(Cl)cc4n23)c1. The first-order valence-electron chi connectivity index (χ1n) is 10.7. The number of thioether (sulfide) groups is 1. The molecule has 8 heteroatoms. The molecule has 0 amide bonds. The third kappa shape index (κ3) is 4.70. The van der Waals surface area contributed by atoms with Crippen LogP contribution in [0.2, 0.25) is 5.02 Å². The molecule has 0 spiro atoms. The van der Waals surface area contributed by atoms with E-state index in [-0.39, 0.29) is 11.7 Å². The molecule has 4 aromatic rings. The second-order valence-electron chi connectivity index (χ2n) is 8.23. The van der Waals surface area contributed by atoms with Crippen LogP contribution in [0.25, 0.3) is 16.7 Å². The largest absolute Gasteiger partial charge is 0.379 e. The van der Waals surface area contributed by atoms with E-state index in [1.54, 1.807) is 28.5 Å². The summed E-state index contributed by atoms with van der Waals surface area (Å²) in [6.45, 7) is 9.30. The Morgan fingerprint density at radius 3 is 2.72 bits per heavy atom.